The molecular weight excluding hydrogens is 182 g/mol. The number of aliphatic hydroxyl groups excluding tert-OH is 1. The van der Waals surface area contributed by atoms with Gasteiger partial charge in [0.2, 0.25) is 5.91 Å². The topological polar surface area (TPSA) is 67.2 Å². The van der Waals surface area contributed by atoms with Gasteiger partial charge in [-0.2, -0.15) is 5.10 Å². The Balaban J connectivity index is 2.46. The molecule has 0 spiro atoms. The van der Waals surface area contributed by atoms with Crippen LogP contribution in [0.2, 0.25) is 0 Å². The quantitative estimate of drug-likeness (QED) is 0.727. The number of nitrogens with zero attached hydrogens (tertiary/aromatic N) is 2. The van der Waals surface area contributed by atoms with Crippen LogP contribution in [-0.4, -0.2) is 27.4 Å². The molecule has 0 radical (unpaired) electrons. The highest BCUT2D eigenvalue weighted by Crippen LogP contribution is 2.03. The van der Waals surface area contributed by atoms with Crippen LogP contribution in [-0.2, 0) is 11.3 Å². The van der Waals surface area contributed by atoms with Gasteiger partial charge < -0.3 is 10.4 Å². The van der Waals surface area contributed by atoms with Gasteiger partial charge in [0.15, 0.2) is 5.82 Å². The van der Waals surface area contributed by atoms with Gasteiger partial charge in [-0.1, -0.05) is 6.92 Å². The summed E-state index contributed by atoms with van der Waals surface area (Å²) >= 11 is 0. The van der Waals surface area contributed by atoms with Gasteiger partial charge in [-0.25, -0.2) is 0 Å². The molecule has 0 fully saturated rings. The molecule has 1 aromatic heterocycles. The highest BCUT2D eigenvalue weighted by molar-refractivity contribution is 5.89. The summed E-state index contributed by atoms with van der Waals surface area (Å²) in [5.41, 5.74) is 0. The summed E-state index contributed by atoms with van der Waals surface area (Å²) in [6.45, 7) is 2.44. The molecule has 0 aliphatic rings. The largest absolute Gasteiger partial charge is 0.394 e. The molecule has 0 saturated carbocycles. The van der Waals surface area contributed by atoms with Crippen LogP contribution in [0.4, 0.5) is 5.82 Å². The summed E-state index contributed by atoms with van der Waals surface area (Å²) < 4.78 is 1.58. The van der Waals surface area contributed by atoms with Crippen molar-refractivity contribution in [1.82, 2.24) is 9.78 Å². The lowest BCUT2D eigenvalue weighted by atomic mass is 10.3. The lowest BCUT2D eigenvalue weighted by Gasteiger charge is -1.99. The fraction of sp³-hybridized carbons (Fsp3) is 0.556. The fourth-order valence-electron chi connectivity index (χ4n) is 1.09. The molecule has 1 amide bonds. The molecule has 0 atom stereocenters. The monoisotopic (exact) mass is 197 g/mol. The Morgan fingerprint density at radius 2 is 2.50 bits per heavy atom. The van der Waals surface area contributed by atoms with Crippen LogP contribution in [0.5, 0.6) is 0 Å². The molecule has 14 heavy (non-hydrogen) atoms. The minimum Gasteiger partial charge on any atom is -0.394 e. The number of aromatic nitrogens is 2. The average Bonchev–Trinajstić information content (AvgIpc) is 2.53. The van der Waals surface area contributed by atoms with E-state index in [9.17, 15) is 4.79 Å². The Hall–Kier alpha value is -1.36. The maximum atomic E-state index is 11.2. The van der Waals surface area contributed by atoms with Crippen molar-refractivity contribution in [3.05, 3.63) is 12.3 Å². The molecule has 5 nitrogen and oxygen atoms in total. The van der Waals surface area contributed by atoms with Crippen LogP contribution < -0.4 is 5.32 Å². The van der Waals surface area contributed by atoms with Gasteiger partial charge in [-0.15, -0.1) is 0 Å². The van der Waals surface area contributed by atoms with Crippen LogP contribution in [0.3, 0.4) is 0 Å². The maximum absolute atomic E-state index is 11.2. The summed E-state index contributed by atoms with van der Waals surface area (Å²) in [7, 11) is 0. The molecule has 1 heterocycles. The zero-order valence-electron chi connectivity index (χ0n) is 8.23. The first-order valence-corrected chi connectivity index (χ1v) is 4.70. The Labute approximate surface area is 82.7 Å². The molecule has 1 aromatic rings. The van der Waals surface area contributed by atoms with E-state index in [1.165, 1.54) is 0 Å². The van der Waals surface area contributed by atoms with Gasteiger partial charge in [-0.3, -0.25) is 9.48 Å². The summed E-state index contributed by atoms with van der Waals surface area (Å²) in [5, 5.41) is 15.4. The van der Waals surface area contributed by atoms with Crippen LogP contribution >= 0.6 is 0 Å². The predicted molar refractivity (Wildman–Crippen MR) is 52.9 cm³/mol. The van der Waals surface area contributed by atoms with Crippen molar-refractivity contribution in [2.24, 2.45) is 0 Å². The van der Waals surface area contributed by atoms with Gasteiger partial charge in [0.1, 0.15) is 0 Å². The molecule has 0 unspecified atom stereocenters. The van der Waals surface area contributed by atoms with Gasteiger partial charge in [-0.05, 0) is 6.42 Å². The van der Waals surface area contributed by atoms with Gasteiger partial charge in [0, 0.05) is 18.7 Å². The first-order chi connectivity index (χ1) is 6.76. The second-order valence-electron chi connectivity index (χ2n) is 2.99. The molecule has 5 heteroatoms. The first-order valence-electron chi connectivity index (χ1n) is 4.70. The number of hydrogen-bond donors (Lipinski definition) is 2. The van der Waals surface area contributed by atoms with Crippen molar-refractivity contribution < 1.29 is 9.90 Å². The molecule has 0 saturated heterocycles. The van der Waals surface area contributed by atoms with E-state index in [1.54, 1.807) is 16.9 Å². The second kappa shape index (κ2) is 5.39. The number of amides is 1. The Morgan fingerprint density at radius 1 is 1.71 bits per heavy atom. The molecule has 0 aromatic carbocycles. The smallest absolute Gasteiger partial charge is 0.225 e. The van der Waals surface area contributed by atoms with Crippen molar-refractivity contribution in [2.45, 2.75) is 26.3 Å². The summed E-state index contributed by atoms with van der Waals surface area (Å²) in [5.74, 6) is 0.513. The predicted octanol–water partition coefficient (Wildman–Crippen LogP) is 0.614. The van der Waals surface area contributed by atoms with Crippen LogP contribution in [0.1, 0.15) is 19.8 Å². The summed E-state index contributed by atoms with van der Waals surface area (Å²) in [4.78, 5) is 11.2. The average molecular weight is 197 g/mol. The normalized spacial score (nSPS) is 10.1. The van der Waals surface area contributed by atoms with E-state index in [1.807, 2.05) is 6.92 Å². The third-order valence-electron chi connectivity index (χ3n) is 1.71. The highest BCUT2D eigenvalue weighted by atomic mass is 16.3. The fourth-order valence-corrected chi connectivity index (χ4v) is 1.09. The van der Waals surface area contributed by atoms with Crippen molar-refractivity contribution >= 4 is 11.7 Å². The number of nitrogens with one attached hydrogen (secondary N) is 1. The molecule has 2 N–H and O–H groups in total. The standard InChI is InChI=1S/C9H15N3O2/c1-2-3-9(14)10-8-4-5-12(11-8)6-7-13/h4-5,13H,2-3,6-7H2,1H3,(H,10,11,14). The number of carbonyl (C=O) groups is 1. The summed E-state index contributed by atoms with van der Waals surface area (Å²) in [6, 6.07) is 1.71. The first kappa shape index (κ1) is 10.7. The lowest BCUT2D eigenvalue weighted by Crippen LogP contribution is -2.11. The molecule has 78 valence electrons. The molecule has 1 rings (SSSR count). The third kappa shape index (κ3) is 3.18. The van der Waals surface area contributed by atoms with E-state index in [4.69, 9.17) is 5.11 Å². The van der Waals surface area contributed by atoms with E-state index >= 15 is 0 Å². The van der Waals surface area contributed by atoms with Crippen LogP contribution in [0.25, 0.3) is 0 Å². The SMILES string of the molecule is CCCC(=O)Nc1ccn(CCO)n1. The van der Waals surface area contributed by atoms with E-state index in [-0.39, 0.29) is 12.5 Å². The highest BCUT2D eigenvalue weighted by Gasteiger charge is 2.02. The number of aliphatic hydroxyl groups is 1. The Bertz CT molecular complexity index is 296. The number of hydrogen-bond acceptors (Lipinski definition) is 3. The summed E-state index contributed by atoms with van der Waals surface area (Å²) in [6.07, 6.45) is 3.05. The maximum Gasteiger partial charge on any atom is 0.225 e. The minimum absolute atomic E-state index is 0.0262. The number of anilines is 1. The van der Waals surface area contributed by atoms with Crippen molar-refractivity contribution in [3.8, 4) is 0 Å². The van der Waals surface area contributed by atoms with Crippen LogP contribution in [0.15, 0.2) is 12.3 Å². The van der Waals surface area contributed by atoms with Crippen molar-refractivity contribution in [1.29, 1.82) is 0 Å². The number of carbonyl (C=O) groups excluding carboxylic acids is 1. The third-order valence-corrected chi connectivity index (χ3v) is 1.71. The molecule has 0 aliphatic carbocycles. The second-order valence-corrected chi connectivity index (χ2v) is 2.99. The van der Waals surface area contributed by atoms with Gasteiger partial charge in [0.25, 0.3) is 0 Å². The number of rotatable bonds is 5. The molecular formula is C9H15N3O2. The van der Waals surface area contributed by atoms with Crippen LogP contribution in [0, 0.1) is 0 Å². The van der Waals surface area contributed by atoms with Crippen molar-refractivity contribution in [2.75, 3.05) is 11.9 Å². The van der Waals surface area contributed by atoms with E-state index in [0.29, 0.717) is 18.8 Å². The zero-order chi connectivity index (χ0) is 10.4. The Morgan fingerprint density at radius 3 is 3.14 bits per heavy atom. The van der Waals surface area contributed by atoms with Gasteiger partial charge >= 0.3 is 0 Å². The molecule has 0 aliphatic heterocycles. The zero-order valence-corrected chi connectivity index (χ0v) is 8.23. The van der Waals surface area contributed by atoms with E-state index < -0.39 is 0 Å². The lowest BCUT2D eigenvalue weighted by molar-refractivity contribution is -0.116. The van der Waals surface area contributed by atoms with Gasteiger partial charge in [0.05, 0.1) is 13.2 Å². The minimum atomic E-state index is -0.0262. The van der Waals surface area contributed by atoms with Crippen molar-refractivity contribution in [3.63, 3.8) is 0 Å². The molecule has 0 bridgehead atoms. The van der Waals surface area contributed by atoms with E-state index in [0.717, 1.165) is 6.42 Å². The Kier molecular flexibility index (Phi) is 4.12. The van der Waals surface area contributed by atoms with E-state index in [2.05, 4.69) is 10.4 Å².